The number of carbonyl (C=O) groups is 1. The molecule has 2 aliphatic rings. The number of unbranched alkanes of at least 4 members (excludes halogenated alkanes) is 1. The van der Waals surface area contributed by atoms with E-state index in [0.29, 0.717) is 6.42 Å². The molecular weight excluding hydrogens is 447 g/mol. The first kappa shape index (κ1) is 24.5. The summed E-state index contributed by atoms with van der Waals surface area (Å²) in [4.78, 5) is 12.5. The van der Waals surface area contributed by atoms with E-state index in [-0.39, 0.29) is 47.9 Å². The van der Waals surface area contributed by atoms with Crippen molar-refractivity contribution < 1.29 is 17.9 Å². The van der Waals surface area contributed by atoms with Crippen LogP contribution in [0.2, 0.25) is 0 Å². The van der Waals surface area contributed by atoms with Gasteiger partial charge in [-0.1, -0.05) is 30.3 Å². The number of carbonyl (C=O) groups excluding carboxylic acids is 1. The zero-order valence-electron chi connectivity index (χ0n) is 16.5. The lowest BCUT2D eigenvalue weighted by atomic mass is 10.0. The second-order valence-electron chi connectivity index (χ2n) is 7.18. The Labute approximate surface area is 189 Å². The standard InChI is InChI=1S/C21H24N2O4S.2ClH/c24-21-18-8-2-4-10-20(18)28(25,26)23(21)14-6-5-13-22-15-17-12-11-16-7-1-3-9-19(16)27-17;;/h1-4,7-10,17,22H,5-6,11-15H2;2*1H/t17-;;/m1../s1. The molecule has 0 aliphatic carbocycles. The van der Waals surface area contributed by atoms with Crippen molar-refractivity contribution in [2.45, 2.75) is 36.7 Å². The topological polar surface area (TPSA) is 75.7 Å². The van der Waals surface area contributed by atoms with E-state index in [4.69, 9.17) is 4.74 Å². The Balaban J connectivity index is 0.00000160. The second-order valence-corrected chi connectivity index (χ2v) is 9.01. The monoisotopic (exact) mass is 472 g/mol. The van der Waals surface area contributed by atoms with Gasteiger partial charge in [-0.2, -0.15) is 0 Å². The van der Waals surface area contributed by atoms with Crippen LogP contribution in [-0.4, -0.2) is 44.4 Å². The SMILES string of the molecule is Cl.Cl.O=C1c2ccccc2S(=O)(=O)N1CCCCNC[C@H]1CCc2ccccc2O1. The van der Waals surface area contributed by atoms with Crippen LogP contribution in [0.4, 0.5) is 0 Å². The number of nitrogens with one attached hydrogen (secondary N) is 1. The van der Waals surface area contributed by atoms with Gasteiger partial charge >= 0.3 is 0 Å². The summed E-state index contributed by atoms with van der Waals surface area (Å²) >= 11 is 0. The maximum absolute atomic E-state index is 12.5. The average Bonchev–Trinajstić information content (AvgIpc) is 2.91. The summed E-state index contributed by atoms with van der Waals surface area (Å²) in [7, 11) is -3.69. The Morgan fingerprint density at radius 2 is 1.77 bits per heavy atom. The van der Waals surface area contributed by atoms with E-state index in [1.165, 1.54) is 11.6 Å². The van der Waals surface area contributed by atoms with E-state index in [0.717, 1.165) is 42.4 Å². The van der Waals surface area contributed by atoms with E-state index in [1.807, 2.05) is 18.2 Å². The molecule has 4 rings (SSSR count). The summed E-state index contributed by atoms with van der Waals surface area (Å²) in [5.74, 6) is 0.552. The fraction of sp³-hybridized carbons (Fsp3) is 0.381. The fourth-order valence-corrected chi connectivity index (χ4v) is 5.35. The Morgan fingerprint density at radius 3 is 2.57 bits per heavy atom. The van der Waals surface area contributed by atoms with Crippen molar-refractivity contribution in [3.63, 3.8) is 0 Å². The van der Waals surface area contributed by atoms with Crippen molar-refractivity contribution in [2.24, 2.45) is 0 Å². The average molecular weight is 473 g/mol. The number of sulfonamides is 1. The van der Waals surface area contributed by atoms with Gasteiger partial charge in [0.25, 0.3) is 15.9 Å². The van der Waals surface area contributed by atoms with Crippen LogP contribution in [0.25, 0.3) is 0 Å². The van der Waals surface area contributed by atoms with Gasteiger partial charge < -0.3 is 10.1 Å². The van der Waals surface area contributed by atoms with Crippen LogP contribution in [0.5, 0.6) is 5.75 Å². The molecular formula is C21H26Cl2N2O4S. The highest BCUT2D eigenvalue weighted by molar-refractivity contribution is 7.90. The van der Waals surface area contributed by atoms with Crippen LogP contribution in [0.3, 0.4) is 0 Å². The summed E-state index contributed by atoms with van der Waals surface area (Å²) in [5, 5.41) is 3.38. The summed E-state index contributed by atoms with van der Waals surface area (Å²) in [5.41, 5.74) is 1.53. The molecule has 2 aliphatic heterocycles. The van der Waals surface area contributed by atoms with E-state index in [1.54, 1.807) is 18.2 Å². The quantitative estimate of drug-likeness (QED) is 0.624. The van der Waals surface area contributed by atoms with E-state index in [9.17, 15) is 13.2 Å². The molecule has 0 aromatic heterocycles. The number of nitrogens with zero attached hydrogens (tertiary/aromatic N) is 1. The Morgan fingerprint density at radius 1 is 1.03 bits per heavy atom. The molecule has 1 N–H and O–H groups in total. The number of hydrogen-bond donors (Lipinski definition) is 1. The number of rotatable bonds is 7. The van der Waals surface area contributed by atoms with Gasteiger partial charge in [0, 0.05) is 13.1 Å². The number of para-hydroxylation sites is 1. The molecule has 0 saturated carbocycles. The third kappa shape index (κ3) is 4.91. The van der Waals surface area contributed by atoms with Gasteiger partial charge in [-0.15, -0.1) is 24.8 Å². The maximum atomic E-state index is 12.5. The van der Waals surface area contributed by atoms with E-state index in [2.05, 4.69) is 11.4 Å². The first-order chi connectivity index (χ1) is 13.6. The van der Waals surface area contributed by atoms with Gasteiger partial charge in [0.2, 0.25) is 0 Å². The molecule has 0 saturated heterocycles. The number of fused-ring (bicyclic) bond motifs is 2. The summed E-state index contributed by atoms with van der Waals surface area (Å²) in [6, 6.07) is 14.5. The molecule has 164 valence electrons. The molecule has 1 amide bonds. The Hall–Kier alpha value is -1.80. The van der Waals surface area contributed by atoms with Gasteiger partial charge in [0.1, 0.15) is 16.7 Å². The smallest absolute Gasteiger partial charge is 0.269 e. The zero-order chi connectivity index (χ0) is 19.6. The second kappa shape index (κ2) is 10.5. The normalized spacial score (nSPS) is 18.5. The number of halogens is 2. The molecule has 2 aromatic carbocycles. The van der Waals surface area contributed by atoms with Crippen molar-refractivity contribution in [1.29, 1.82) is 0 Å². The number of ether oxygens (including phenoxy) is 1. The van der Waals surface area contributed by atoms with Crippen LogP contribution < -0.4 is 10.1 Å². The summed E-state index contributed by atoms with van der Waals surface area (Å²) in [6.45, 7) is 1.74. The molecule has 6 nitrogen and oxygen atoms in total. The number of aryl methyl sites for hydroxylation is 1. The molecule has 0 spiro atoms. The third-order valence-electron chi connectivity index (χ3n) is 5.25. The minimum atomic E-state index is -3.69. The van der Waals surface area contributed by atoms with Gasteiger partial charge in [-0.3, -0.25) is 4.79 Å². The van der Waals surface area contributed by atoms with Crippen LogP contribution in [-0.2, 0) is 16.4 Å². The molecule has 1 atom stereocenters. The first-order valence-corrected chi connectivity index (χ1v) is 11.1. The Kier molecular flexibility index (Phi) is 8.55. The van der Waals surface area contributed by atoms with Crippen LogP contribution >= 0.6 is 24.8 Å². The van der Waals surface area contributed by atoms with Crippen LogP contribution in [0.1, 0.15) is 35.2 Å². The van der Waals surface area contributed by atoms with Crippen LogP contribution in [0, 0.1) is 0 Å². The van der Waals surface area contributed by atoms with E-state index < -0.39 is 15.9 Å². The molecule has 2 aromatic rings. The summed E-state index contributed by atoms with van der Waals surface area (Å²) in [6.07, 6.45) is 3.59. The lowest BCUT2D eigenvalue weighted by Gasteiger charge is -2.26. The lowest BCUT2D eigenvalue weighted by molar-refractivity contribution is 0.0869. The van der Waals surface area contributed by atoms with Gasteiger partial charge in [-0.25, -0.2) is 12.7 Å². The molecule has 2 heterocycles. The number of benzene rings is 2. The largest absolute Gasteiger partial charge is 0.489 e. The van der Waals surface area contributed by atoms with Crippen molar-refractivity contribution in [3.8, 4) is 5.75 Å². The molecule has 30 heavy (non-hydrogen) atoms. The number of amides is 1. The Bertz CT molecular complexity index is 984. The van der Waals surface area contributed by atoms with Gasteiger partial charge in [-0.05, 0) is 56.0 Å². The van der Waals surface area contributed by atoms with Gasteiger partial charge in [0.15, 0.2) is 0 Å². The van der Waals surface area contributed by atoms with Crippen molar-refractivity contribution in [3.05, 3.63) is 59.7 Å². The summed E-state index contributed by atoms with van der Waals surface area (Å²) < 4.78 is 32.0. The van der Waals surface area contributed by atoms with Crippen molar-refractivity contribution >= 4 is 40.7 Å². The maximum Gasteiger partial charge on any atom is 0.269 e. The number of hydrogen-bond acceptors (Lipinski definition) is 5. The predicted octanol–water partition coefficient (Wildman–Crippen LogP) is 3.44. The van der Waals surface area contributed by atoms with Gasteiger partial charge in [0.05, 0.1) is 5.56 Å². The minimum Gasteiger partial charge on any atom is -0.489 e. The molecule has 0 bridgehead atoms. The van der Waals surface area contributed by atoms with Crippen molar-refractivity contribution in [1.82, 2.24) is 9.62 Å². The highest BCUT2D eigenvalue weighted by atomic mass is 35.5. The molecule has 9 heteroatoms. The van der Waals surface area contributed by atoms with Crippen molar-refractivity contribution in [2.75, 3.05) is 19.6 Å². The highest BCUT2D eigenvalue weighted by Gasteiger charge is 2.40. The minimum absolute atomic E-state index is 0. The van der Waals surface area contributed by atoms with E-state index >= 15 is 0 Å². The first-order valence-electron chi connectivity index (χ1n) is 9.69. The third-order valence-corrected chi connectivity index (χ3v) is 7.09. The molecule has 0 fully saturated rings. The van der Waals surface area contributed by atoms with Crippen LogP contribution in [0.15, 0.2) is 53.4 Å². The predicted molar refractivity (Wildman–Crippen MR) is 120 cm³/mol. The zero-order valence-corrected chi connectivity index (χ0v) is 18.9. The molecule has 0 unspecified atom stereocenters. The fourth-order valence-electron chi connectivity index (χ4n) is 3.74. The highest BCUT2D eigenvalue weighted by Crippen LogP contribution is 2.30. The molecule has 0 radical (unpaired) electrons. The lowest BCUT2D eigenvalue weighted by Crippen LogP contribution is -2.35.